The first kappa shape index (κ1) is 13.7. The Hall–Kier alpha value is 0.170. The fourth-order valence-electron chi connectivity index (χ4n) is 0.642. The van der Waals surface area contributed by atoms with Gasteiger partial charge in [-0.25, -0.2) is 0 Å². The van der Waals surface area contributed by atoms with E-state index in [1.165, 1.54) is 0 Å². The Morgan fingerprint density at radius 3 is 2.09 bits per heavy atom. The Balaban J connectivity index is 0. The third-order valence-electron chi connectivity index (χ3n) is 1.28. The molecule has 0 bridgehead atoms. The molecule has 3 nitrogen and oxygen atoms in total. The number of nitrogens with two attached hydrogens (primary N) is 1. The number of nitrogens with zero attached hydrogens (tertiary/aromatic N) is 1. The molecule has 0 aromatic carbocycles. The summed E-state index contributed by atoms with van der Waals surface area (Å²) >= 11 is 0. The fraction of sp³-hybridized carbons (Fsp3) is 1.00. The van der Waals surface area contributed by atoms with Crippen molar-refractivity contribution in [3.05, 3.63) is 0 Å². The van der Waals surface area contributed by atoms with E-state index < -0.39 is 0 Å². The van der Waals surface area contributed by atoms with Crippen LogP contribution in [-0.4, -0.2) is 51.8 Å². The van der Waals surface area contributed by atoms with Crippen LogP contribution in [-0.2, 0) is 0 Å². The van der Waals surface area contributed by atoms with Crippen LogP contribution in [0, 0.1) is 0 Å². The molecule has 0 amide bonds. The molecule has 0 saturated heterocycles. The van der Waals surface area contributed by atoms with Gasteiger partial charge >= 0.3 is 0 Å². The van der Waals surface area contributed by atoms with Gasteiger partial charge in [0.15, 0.2) is 0 Å². The molecule has 0 radical (unpaired) electrons. The lowest BCUT2D eigenvalue weighted by atomic mass is 10.5. The van der Waals surface area contributed by atoms with Crippen molar-refractivity contribution in [3.63, 3.8) is 0 Å². The average molecular weight is 182 g/mol. The van der Waals surface area contributed by atoms with Crippen molar-refractivity contribution < 1.29 is 16.9 Å². The SMILES string of the molecule is C[N+](C)(C)CCNCCN.[Cl-]. The van der Waals surface area contributed by atoms with E-state index in [0.717, 1.165) is 30.7 Å². The van der Waals surface area contributed by atoms with Gasteiger partial charge in [-0.1, -0.05) is 0 Å². The number of rotatable bonds is 5. The third-order valence-corrected chi connectivity index (χ3v) is 1.28. The maximum atomic E-state index is 5.31. The standard InChI is InChI=1S/C7H20N3.ClH/c1-10(2,3)7-6-9-5-4-8;/h9H,4-8H2,1-3H3;1H/q+1;/p-1. The monoisotopic (exact) mass is 181 g/mol. The van der Waals surface area contributed by atoms with Gasteiger partial charge in [-0.2, -0.15) is 0 Å². The molecule has 0 aliphatic carbocycles. The summed E-state index contributed by atoms with van der Waals surface area (Å²) in [6, 6.07) is 0. The zero-order chi connectivity index (χ0) is 8.04. The third kappa shape index (κ3) is 13.2. The van der Waals surface area contributed by atoms with E-state index in [4.69, 9.17) is 5.73 Å². The quantitative estimate of drug-likeness (QED) is 0.338. The first-order chi connectivity index (χ1) is 4.56. The van der Waals surface area contributed by atoms with Crippen molar-refractivity contribution in [1.82, 2.24) is 5.32 Å². The van der Waals surface area contributed by atoms with Crippen LogP contribution < -0.4 is 23.5 Å². The van der Waals surface area contributed by atoms with Gasteiger partial charge in [0.05, 0.1) is 27.7 Å². The van der Waals surface area contributed by atoms with E-state index in [2.05, 4.69) is 26.5 Å². The first-order valence-electron chi connectivity index (χ1n) is 3.77. The van der Waals surface area contributed by atoms with Gasteiger partial charge < -0.3 is 27.9 Å². The van der Waals surface area contributed by atoms with Crippen LogP contribution in [0.3, 0.4) is 0 Å². The minimum atomic E-state index is 0. The van der Waals surface area contributed by atoms with E-state index >= 15 is 0 Å². The Morgan fingerprint density at radius 2 is 1.73 bits per heavy atom. The molecule has 0 unspecified atom stereocenters. The highest BCUT2D eigenvalue weighted by Crippen LogP contribution is 1.85. The molecule has 11 heavy (non-hydrogen) atoms. The number of halogens is 1. The highest BCUT2D eigenvalue weighted by Gasteiger charge is 2.03. The van der Waals surface area contributed by atoms with Gasteiger partial charge in [-0.15, -0.1) is 0 Å². The Bertz CT molecular complexity index is 80.2. The molecule has 0 heterocycles. The summed E-state index contributed by atoms with van der Waals surface area (Å²) in [6.45, 7) is 3.87. The second kappa shape index (κ2) is 6.85. The van der Waals surface area contributed by atoms with Crippen LogP contribution in [0.2, 0.25) is 0 Å². The molecule has 0 fully saturated rings. The molecule has 3 N–H and O–H groups in total. The van der Waals surface area contributed by atoms with Gasteiger partial charge in [-0.05, 0) is 0 Å². The van der Waals surface area contributed by atoms with Crippen molar-refractivity contribution in [1.29, 1.82) is 0 Å². The van der Waals surface area contributed by atoms with E-state index in [-0.39, 0.29) is 12.4 Å². The van der Waals surface area contributed by atoms with Crippen LogP contribution in [0.25, 0.3) is 0 Å². The zero-order valence-corrected chi connectivity index (χ0v) is 8.49. The minimum absolute atomic E-state index is 0. The highest BCUT2D eigenvalue weighted by atomic mass is 35.5. The van der Waals surface area contributed by atoms with Crippen LogP contribution in [0.15, 0.2) is 0 Å². The van der Waals surface area contributed by atoms with Crippen LogP contribution in [0.4, 0.5) is 0 Å². The summed E-state index contributed by atoms with van der Waals surface area (Å²) in [6.07, 6.45) is 0. The maximum Gasteiger partial charge on any atom is 0.0907 e. The highest BCUT2D eigenvalue weighted by molar-refractivity contribution is 4.44. The van der Waals surface area contributed by atoms with E-state index in [1.807, 2.05) is 0 Å². The molecule has 0 saturated carbocycles. The molecule has 0 rings (SSSR count). The minimum Gasteiger partial charge on any atom is -1.00 e. The van der Waals surface area contributed by atoms with Crippen LogP contribution >= 0.6 is 0 Å². The van der Waals surface area contributed by atoms with E-state index in [1.54, 1.807) is 0 Å². The normalized spacial score (nSPS) is 10.9. The van der Waals surface area contributed by atoms with E-state index in [9.17, 15) is 0 Å². The molecular formula is C7H20ClN3. The lowest BCUT2D eigenvalue weighted by molar-refractivity contribution is -0.869. The lowest BCUT2D eigenvalue weighted by Gasteiger charge is -2.23. The molecule has 0 aliphatic rings. The summed E-state index contributed by atoms with van der Waals surface area (Å²) in [4.78, 5) is 0. The Kier molecular flexibility index (Phi) is 8.56. The fourth-order valence-corrected chi connectivity index (χ4v) is 0.642. The number of likely N-dealkylation sites (N-methyl/N-ethyl adjacent to an activating group) is 1. The molecule has 0 spiro atoms. The van der Waals surface area contributed by atoms with Crippen LogP contribution in [0.1, 0.15) is 0 Å². The van der Waals surface area contributed by atoms with Crippen molar-refractivity contribution in [3.8, 4) is 0 Å². The summed E-state index contributed by atoms with van der Waals surface area (Å²) in [7, 11) is 6.55. The molecular weight excluding hydrogens is 162 g/mol. The number of hydrogen-bond acceptors (Lipinski definition) is 2. The van der Waals surface area contributed by atoms with Crippen molar-refractivity contribution in [2.24, 2.45) is 5.73 Å². The molecule has 0 aliphatic heterocycles. The summed E-state index contributed by atoms with van der Waals surface area (Å²) in [5, 5.41) is 3.25. The molecule has 0 aromatic rings. The van der Waals surface area contributed by atoms with Gasteiger partial charge in [0.25, 0.3) is 0 Å². The molecule has 70 valence electrons. The van der Waals surface area contributed by atoms with E-state index in [0.29, 0.717) is 0 Å². The van der Waals surface area contributed by atoms with Gasteiger partial charge in [-0.3, -0.25) is 0 Å². The topological polar surface area (TPSA) is 38.0 Å². The second-order valence-electron chi connectivity index (χ2n) is 3.55. The summed E-state index contributed by atoms with van der Waals surface area (Å²) in [5.74, 6) is 0. The average Bonchev–Trinajstić information content (AvgIpc) is 1.78. The molecule has 0 aromatic heterocycles. The smallest absolute Gasteiger partial charge is 0.0907 e. The second-order valence-corrected chi connectivity index (χ2v) is 3.55. The first-order valence-corrected chi connectivity index (χ1v) is 3.77. The Labute approximate surface area is 75.9 Å². The van der Waals surface area contributed by atoms with Crippen molar-refractivity contribution >= 4 is 0 Å². The summed E-state index contributed by atoms with van der Waals surface area (Å²) in [5.41, 5.74) is 5.31. The van der Waals surface area contributed by atoms with Gasteiger partial charge in [0.2, 0.25) is 0 Å². The summed E-state index contributed by atoms with van der Waals surface area (Å²) < 4.78 is 1.01. The number of quaternary nitrogens is 1. The number of nitrogens with one attached hydrogen (secondary N) is 1. The van der Waals surface area contributed by atoms with Crippen molar-refractivity contribution in [2.75, 3.05) is 47.3 Å². The zero-order valence-electron chi connectivity index (χ0n) is 7.73. The largest absolute Gasteiger partial charge is 1.00 e. The molecule has 4 heteroatoms. The maximum absolute atomic E-state index is 5.31. The van der Waals surface area contributed by atoms with Crippen LogP contribution in [0.5, 0.6) is 0 Å². The number of hydrogen-bond donors (Lipinski definition) is 2. The predicted molar refractivity (Wildman–Crippen MR) is 44.8 cm³/mol. The van der Waals surface area contributed by atoms with Gasteiger partial charge in [0, 0.05) is 19.6 Å². The Morgan fingerprint density at radius 1 is 1.18 bits per heavy atom. The van der Waals surface area contributed by atoms with Crippen molar-refractivity contribution in [2.45, 2.75) is 0 Å². The lowest BCUT2D eigenvalue weighted by Crippen LogP contribution is -3.00. The van der Waals surface area contributed by atoms with Gasteiger partial charge in [0.1, 0.15) is 0 Å². The predicted octanol–water partition coefficient (Wildman–Crippen LogP) is -3.76. The molecule has 0 atom stereocenters.